The molecule has 1 aromatic carbocycles. The summed E-state index contributed by atoms with van der Waals surface area (Å²) in [5.74, 6) is -2.17. The lowest BCUT2D eigenvalue weighted by atomic mass is 10.0. The van der Waals surface area contributed by atoms with Gasteiger partial charge in [-0.15, -0.1) is 0 Å². The van der Waals surface area contributed by atoms with Crippen LogP contribution in [-0.2, 0) is 4.79 Å². The third kappa shape index (κ3) is 3.02. The normalized spacial score (nSPS) is 13.9. The minimum absolute atomic E-state index is 0.376. The molecule has 0 aliphatic carbocycles. The zero-order valence-corrected chi connectivity index (χ0v) is 10.4. The summed E-state index contributed by atoms with van der Waals surface area (Å²) in [5.41, 5.74) is -4.75. The first-order chi connectivity index (χ1) is 9.52. The number of nitriles is 1. The third-order valence-corrected chi connectivity index (χ3v) is 2.70. The maximum atomic E-state index is 12.8. The van der Waals surface area contributed by atoms with Gasteiger partial charge in [0.25, 0.3) is 5.69 Å². The Balaban J connectivity index is 3.28. The molecule has 1 rings (SSSR count). The van der Waals surface area contributed by atoms with Gasteiger partial charge in [-0.3, -0.25) is 10.1 Å². The molecule has 1 unspecified atom stereocenters. The van der Waals surface area contributed by atoms with Crippen LogP contribution in [0.4, 0.5) is 24.5 Å². The maximum Gasteiger partial charge on any atom is 0.422 e. The Morgan fingerprint density at radius 1 is 1.48 bits per heavy atom. The van der Waals surface area contributed by atoms with Crippen LogP contribution in [0.5, 0.6) is 0 Å². The standard InChI is InChI=1S/C11H8F3N3O4/c1-10(9(18)19,11(12,13)14)16-7-2-3-8(17(20)21)6(4-7)5-15/h2-4,16H,1H3,(H,18,19). The number of carbonyl (C=O) groups is 1. The number of rotatable bonds is 4. The van der Waals surface area contributed by atoms with Crippen molar-refractivity contribution in [1.82, 2.24) is 0 Å². The molecule has 112 valence electrons. The van der Waals surface area contributed by atoms with E-state index in [1.807, 2.05) is 0 Å². The highest BCUT2D eigenvalue weighted by Crippen LogP contribution is 2.34. The summed E-state index contributed by atoms with van der Waals surface area (Å²) < 4.78 is 38.4. The van der Waals surface area contributed by atoms with Crippen molar-refractivity contribution in [3.63, 3.8) is 0 Å². The van der Waals surface area contributed by atoms with Crippen LogP contribution in [0.25, 0.3) is 0 Å². The number of nitrogens with one attached hydrogen (secondary N) is 1. The summed E-state index contributed by atoms with van der Waals surface area (Å²) in [6, 6.07) is 3.96. The lowest BCUT2D eigenvalue weighted by molar-refractivity contribution is -0.385. The molecule has 0 aromatic heterocycles. The molecule has 0 aliphatic rings. The minimum atomic E-state index is -5.12. The number of alkyl halides is 3. The number of hydrogen-bond donors (Lipinski definition) is 2. The Hall–Kier alpha value is -2.83. The molecule has 0 spiro atoms. The largest absolute Gasteiger partial charge is 0.479 e. The van der Waals surface area contributed by atoms with Crippen molar-refractivity contribution in [3.05, 3.63) is 33.9 Å². The van der Waals surface area contributed by atoms with E-state index in [2.05, 4.69) is 0 Å². The van der Waals surface area contributed by atoms with E-state index in [1.165, 1.54) is 6.07 Å². The molecule has 0 aliphatic heterocycles. The number of anilines is 1. The van der Waals surface area contributed by atoms with Crippen molar-refractivity contribution < 1.29 is 28.0 Å². The average molecular weight is 303 g/mol. The average Bonchev–Trinajstić information content (AvgIpc) is 2.36. The van der Waals surface area contributed by atoms with Gasteiger partial charge in [-0.2, -0.15) is 18.4 Å². The van der Waals surface area contributed by atoms with E-state index in [9.17, 15) is 28.1 Å². The van der Waals surface area contributed by atoms with Gasteiger partial charge in [-0.1, -0.05) is 0 Å². The van der Waals surface area contributed by atoms with Crippen molar-refractivity contribution >= 4 is 17.3 Å². The number of halogens is 3. The Morgan fingerprint density at radius 2 is 2.05 bits per heavy atom. The summed E-state index contributed by atoms with van der Waals surface area (Å²) in [7, 11) is 0. The molecule has 0 radical (unpaired) electrons. The second-order valence-corrected chi connectivity index (χ2v) is 4.15. The Bertz CT molecular complexity index is 639. The fraction of sp³-hybridized carbons (Fsp3) is 0.273. The molecule has 1 atom stereocenters. The second kappa shape index (κ2) is 5.28. The Morgan fingerprint density at radius 3 is 2.43 bits per heavy atom. The van der Waals surface area contributed by atoms with Crippen LogP contribution in [0.2, 0.25) is 0 Å². The van der Waals surface area contributed by atoms with Gasteiger partial charge in [0.1, 0.15) is 11.6 Å². The van der Waals surface area contributed by atoms with Gasteiger partial charge in [-0.05, 0) is 19.1 Å². The second-order valence-electron chi connectivity index (χ2n) is 4.15. The van der Waals surface area contributed by atoms with E-state index in [0.717, 1.165) is 18.2 Å². The quantitative estimate of drug-likeness (QED) is 0.651. The van der Waals surface area contributed by atoms with Gasteiger partial charge in [0.2, 0.25) is 5.54 Å². The van der Waals surface area contributed by atoms with Gasteiger partial charge in [0.05, 0.1) is 4.92 Å². The SMILES string of the molecule is CC(Nc1ccc([N+](=O)[O-])c(C#N)c1)(C(=O)O)C(F)(F)F. The maximum absolute atomic E-state index is 12.8. The zero-order valence-electron chi connectivity index (χ0n) is 10.4. The smallest absolute Gasteiger partial charge is 0.422 e. The molecule has 0 heterocycles. The summed E-state index contributed by atoms with van der Waals surface area (Å²) in [6.45, 7) is 0.406. The van der Waals surface area contributed by atoms with Crippen LogP contribution in [-0.4, -0.2) is 27.7 Å². The first kappa shape index (κ1) is 16.2. The van der Waals surface area contributed by atoms with Crippen LogP contribution in [0.1, 0.15) is 12.5 Å². The minimum Gasteiger partial charge on any atom is -0.479 e. The van der Waals surface area contributed by atoms with E-state index in [-0.39, 0.29) is 5.69 Å². The van der Waals surface area contributed by atoms with E-state index >= 15 is 0 Å². The third-order valence-electron chi connectivity index (χ3n) is 2.70. The molecule has 0 saturated carbocycles. The molecule has 0 amide bonds. The number of benzene rings is 1. The molecular weight excluding hydrogens is 295 g/mol. The molecule has 1 aromatic rings. The number of carboxylic acids is 1. The number of nitro groups is 1. The van der Waals surface area contributed by atoms with Crippen LogP contribution < -0.4 is 5.32 Å². The Kier molecular flexibility index (Phi) is 4.08. The van der Waals surface area contributed by atoms with Crippen molar-refractivity contribution in [2.45, 2.75) is 18.6 Å². The summed E-state index contributed by atoms with van der Waals surface area (Å²) in [6.07, 6.45) is -5.12. The van der Waals surface area contributed by atoms with Crippen molar-refractivity contribution in [2.24, 2.45) is 0 Å². The van der Waals surface area contributed by atoms with Gasteiger partial charge in [0.15, 0.2) is 0 Å². The molecule has 0 bridgehead atoms. The highest BCUT2D eigenvalue weighted by molar-refractivity contribution is 5.83. The number of aliphatic carboxylic acids is 1. The summed E-state index contributed by atoms with van der Waals surface area (Å²) in [5, 5.41) is 29.8. The number of hydrogen-bond acceptors (Lipinski definition) is 5. The van der Waals surface area contributed by atoms with Crippen LogP contribution >= 0.6 is 0 Å². The number of nitro benzene ring substituents is 1. The topological polar surface area (TPSA) is 116 Å². The molecule has 2 N–H and O–H groups in total. The molecule has 21 heavy (non-hydrogen) atoms. The fourth-order valence-corrected chi connectivity index (χ4v) is 1.40. The van der Waals surface area contributed by atoms with Crippen LogP contribution in [0.15, 0.2) is 18.2 Å². The predicted molar refractivity (Wildman–Crippen MR) is 63.5 cm³/mol. The first-order valence-electron chi connectivity index (χ1n) is 5.30. The number of carboxylic acid groups (broad SMARTS) is 1. The molecule has 10 heteroatoms. The highest BCUT2D eigenvalue weighted by atomic mass is 19.4. The van der Waals surface area contributed by atoms with E-state index < -0.39 is 33.9 Å². The van der Waals surface area contributed by atoms with E-state index in [0.29, 0.717) is 6.92 Å². The van der Waals surface area contributed by atoms with Gasteiger partial charge in [0, 0.05) is 11.8 Å². The fourth-order valence-electron chi connectivity index (χ4n) is 1.40. The zero-order chi connectivity index (χ0) is 16.4. The van der Waals surface area contributed by atoms with Crippen molar-refractivity contribution in [3.8, 4) is 6.07 Å². The highest BCUT2D eigenvalue weighted by Gasteiger charge is 2.57. The van der Waals surface area contributed by atoms with Crippen LogP contribution in [0.3, 0.4) is 0 Å². The van der Waals surface area contributed by atoms with Gasteiger partial charge in [-0.25, -0.2) is 4.79 Å². The van der Waals surface area contributed by atoms with Gasteiger partial charge >= 0.3 is 12.1 Å². The van der Waals surface area contributed by atoms with Crippen LogP contribution in [0, 0.1) is 21.4 Å². The predicted octanol–water partition coefficient (Wildman–Crippen LogP) is 2.28. The Labute approximate surface area is 115 Å². The molecule has 7 nitrogen and oxygen atoms in total. The summed E-state index contributed by atoms with van der Waals surface area (Å²) in [4.78, 5) is 20.6. The van der Waals surface area contributed by atoms with E-state index in [1.54, 1.807) is 5.32 Å². The molecule has 0 saturated heterocycles. The lowest BCUT2D eigenvalue weighted by Crippen LogP contribution is -2.55. The summed E-state index contributed by atoms with van der Waals surface area (Å²) >= 11 is 0. The van der Waals surface area contributed by atoms with Crippen molar-refractivity contribution in [1.29, 1.82) is 5.26 Å². The molecule has 0 fully saturated rings. The molecular formula is C11H8F3N3O4. The van der Waals surface area contributed by atoms with Gasteiger partial charge < -0.3 is 10.4 Å². The first-order valence-corrected chi connectivity index (χ1v) is 5.30. The monoisotopic (exact) mass is 303 g/mol. The van der Waals surface area contributed by atoms with E-state index in [4.69, 9.17) is 10.4 Å². The number of nitrogens with zero attached hydrogens (tertiary/aromatic N) is 2. The van der Waals surface area contributed by atoms with Crippen molar-refractivity contribution in [2.75, 3.05) is 5.32 Å². The lowest BCUT2D eigenvalue weighted by Gasteiger charge is -2.29.